The average molecular weight is 455 g/mol. The lowest BCUT2D eigenvalue weighted by Crippen LogP contribution is -2.41. The first-order valence-electron chi connectivity index (χ1n) is 9.51. The molecular weight excluding hydrogens is 436 g/mol. The number of ether oxygens (including phenoxy) is 1. The molecule has 32 heavy (non-hydrogen) atoms. The molecule has 3 rings (SSSR count). The first kappa shape index (κ1) is 23.5. The molecule has 0 aliphatic rings. The Labute approximate surface area is 180 Å². The zero-order valence-corrected chi connectivity index (χ0v) is 16.6. The van der Waals surface area contributed by atoms with Crippen molar-refractivity contribution in [3.05, 3.63) is 90.0 Å². The van der Waals surface area contributed by atoms with Gasteiger partial charge in [-0.05, 0) is 29.8 Å². The van der Waals surface area contributed by atoms with Crippen LogP contribution in [0.1, 0.15) is 11.1 Å². The summed E-state index contributed by atoms with van der Waals surface area (Å²) in [6.07, 6.45) is -12.4. The summed E-state index contributed by atoms with van der Waals surface area (Å²) in [7, 11) is 0. The van der Waals surface area contributed by atoms with Gasteiger partial charge in [0.15, 0.2) is 6.10 Å². The van der Waals surface area contributed by atoms with Gasteiger partial charge in [0.05, 0.1) is 12.1 Å². The van der Waals surface area contributed by atoms with Crippen molar-refractivity contribution < 1.29 is 36.2 Å². The molecule has 9 heteroatoms. The average Bonchev–Trinajstić information content (AvgIpc) is 2.73. The minimum absolute atomic E-state index is 0.153. The normalized spacial score (nSPS) is 13.0. The van der Waals surface area contributed by atoms with E-state index in [0.717, 1.165) is 17.0 Å². The third kappa shape index (κ3) is 6.40. The van der Waals surface area contributed by atoms with Gasteiger partial charge in [0.1, 0.15) is 11.5 Å². The number of rotatable bonds is 7. The van der Waals surface area contributed by atoms with E-state index in [4.69, 9.17) is 4.74 Å². The number of aliphatic hydroxyl groups is 1. The summed E-state index contributed by atoms with van der Waals surface area (Å²) < 4.78 is 85.1. The SMILES string of the molecule is OC(CN(Cc1ccccc1)c1cc(Oc2ccccc2)cc(C(F)(F)F)c1)C(F)(F)F. The molecule has 0 saturated heterocycles. The van der Waals surface area contributed by atoms with Crippen molar-refractivity contribution in [1.29, 1.82) is 0 Å². The van der Waals surface area contributed by atoms with Gasteiger partial charge in [-0.1, -0.05) is 48.5 Å². The molecular formula is C23H19F6NO2. The number of aliphatic hydroxyl groups excluding tert-OH is 1. The lowest BCUT2D eigenvalue weighted by molar-refractivity contribution is -0.200. The van der Waals surface area contributed by atoms with Crippen molar-refractivity contribution in [2.24, 2.45) is 0 Å². The number of para-hydroxylation sites is 1. The number of hydrogen-bond donors (Lipinski definition) is 1. The molecule has 0 saturated carbocycles. The quantitative estimate of drug-likeness (QED) is 0.417. The van der Waals surface area contributed by atoms with E-state index >= 15 is 0 Å². The maximum atomic E-state index is 13.5. The highest BCUT2D eigenvalue weighted by molar-refractivity contribution is 5.55. The fraction of sp³-hybridized carbons (Fsp3) is 0.217. The molecule has 0 fully saturated rings. The molecule has 170 valence electrons. The minimum atomic E-state index is -4.93. The van der Waals surface area contributed by atoms with Crippen molar-refractivity contribution in [2.75, 3.05) is 11.4 Å². The number of anilines is 1. The number of nitrogens with zero attached hydrogens (tertiary/aromatic N) is 1. The van der Waals surface area contributed by atoms with Crippen molar-refractivity contribution in [3.8, 4) is 11.5 Å². The molecule has 0 radical (unpaired) electrons. The van der Waals surface area contributed by atoms with Crippen LogP contribution >= 0.6 is 0 Å². The zero-order chi connectivity index (χ0) is 23.4. The van der Waals surface area contributed by atoms with Crippen LogP contribution in [0.4, 0.5) is 32.0 Å². The van der Waals surface area contributed by atoms with E-state index in [9.17, 15) is 31.4 Å². The van der Waals surface area contributed by atoms with Crippen molar-refractivity contribution >= 4 is 5.69 Å². The summed E-state index contributed by atoms with van der Waals surface area (Å²) in [4.78, 5) is 1.04. The number of halogens is 6. The molecule has 3 nitrogen and oxygen atoms in total. The first-order chi connectivity index (χ1) is 15.0. The fourth-order valence-corrected chi connectivity index (χ4v) is 2.99. The van der Waals surface area contributed by atoms with E-state index in [1.807, 2.05) is 0 Å². The van der Waals surface area contributed by atoms with E-state index < -0.39 is 30.6 Å². The monoisotopic (exact) mass is 455 g/mol. The lowest BCUT2D eigenvalue weighted by Gasteiger charge is -2.29. The largest absolute Gasteiger partial charge is 0.457 e. The Bertz CT molecular complexity index is 1010. The van der Waals surface area contributed by atoms with Crippen molar-refractivity contribution in [3.63, 3.8) is 0 Å². The van der Waals surface area contributed by atoms with Crippen LogP contribution in [0.25, 0.3) is 0 Å². The molecule has 1 N–H and O–H groups in total. The van der Waals surface area contributed by atoms with Crippen LogP contribution in [-0.2, 0) is 12.7 Å². The molecule has 0 aliphatic heterocycles. The summed E-state index contributed by atoms with van der Waals surface area (Å²) in [6.45, 7) is -1.11. The number of alkyl halides is 6. The maximum absolute atomic E-state index is 13.5. The van der Waals surface area contributed by atoms with Crippen LogP contribution in [0.3, 0.4) is 0 Å². The molecule has 0 amide bonds. The van der Waals surface area contributed by atoms with Gasteiger partial charge in [0.2, 0.25) is 0 Å². The molecule has 0 spiro atoms. The molecule has 0 heterocycles. The van der Waals surface area contributed by atoms with Crippen LogP contribution in [0, 0.1) is 0 Å². The minimum Gasteiger partial charge on any atom is -0.457 e. The van der Waals surface area contributed by atoms with Gasteiger partial charge in [0, 0.05) is 18.3 Å². The van der Waals surface area contributed by atoms with Gasteiger partial charge >= 0.3 is 12.4 Å². The fourth-order valence-electron chi connectivity index (χ4n) is 2.99. The molecule has 1 atom stereocenters. The Hall–Kier alpha value is -3.20. The van der Waals surface area contributed by atoms with Crippen LogP contribution in [0.2, 0.25) is 0 Å². The Morgan fingerprint density at radius 1 is 0.781 bits per heavy atom. The first-order valence-corrected chi connectivity index (χ1v) is 9.51. The summed E-state index contributed by atoms with van der Waals surface area (Å²) in [5.74, 6) is 0.0725. The van der Waals surface area contributed by atoms with E-state index in [1.165, 1.54) is 18.2 Å². The number of benzene rings is 3. The number of hydrogen-bond acceptors (Lipinski definition) is 3. The topological polar surface area (TPSA) is 32.7 Å². The van der Waals surface area contributed by atoms with E-state index in [2.05, 4.69) is 0 Å². The molecule has 0 bridgehead atoms. The summed E-state index contributed by atoms with van der Waals surface area (Å²) in [5.41, 5.74) is -0.691. The highest BCUT2D eigenvalue weighted by Crippen LogP contribution is 2.37. The van der Waals surface area contributed by atoms with Gasteiger partial charge in [-0.3, -0.25) is 0 Å². The van der Waals surface area contributed by atoms with E-state index in [1.54, 1.807) is 48.5 Å². The lowest BCUT2D eigenvalue weighted by atomic mass is 10.1. The Morgan fingerprint density at radius 3 is 1.94 bits per heavy atom. The van der Waals surface area contributed by atoms with E-state index in [0.29, 0.717) is 5.56 Å². The van der Waals surface area contributed by atoms with Crippen LogP contribution in [-0.4, -0.2) is 23.9 Å². The van der Waals surface area contributed by atoms with Gasteiger partial charge in [-0.15, -0.1) is 0 Å². The molecule has 0 aromatic heterocycles. The molecule has 1 unspecified atom stereocenters. The summed E-state index contributed by atoms with van der Waals surface area (Å²) >= 11 is 0. The summed E-state index contributed by atoms with van der Waals surface area (Å²) in [6, 6.07) is 19.0. The van der Waals surface area contributed by atoms with Crippen LogP contribution in [0.5, 0.6) is 11.5 Å². The van der Waals surface area contributed by atoms with Crippen molar-refractivity contribution in [1.82, 2.24) is 0 Å². The Morgan fingerprint density at radius 2 is 1.38 bits per heavy atom. The van der Waals surface area contributed by atoms with Gasteiger partial charge in [-0.25, -0.2) is 0 Å². The second kappa shape index (κ2) is 9.52. The summed E-state index contributed by atoms with van der Waals surface area (Å²) in [5, 5.41) is 9.61. The standard InChI is InChI=1S/C23H19F6NO2/c24-22(25,26)17-11-18(13-20(12-17)32-19-9-5-2-6-10-19)30(15-21(31)23(27,28)29)14-16-7-3-1-4-8-16/h1-13,21,31H,14-15H2. The van der Waals surface area contributed by atoms with Gasteiger partial charge < -0.3 is 14.7 Å². The highest BCUT2D eigenvalue weighted by Gasteiger charge is 2.40. The Kier molecular flexibility index (Phi) is 6.98. The predicted octanol–water partition coefficient (Wildman–Crippen LogP) is 6.43. The molecule has 3 aromatic carbocycles. The second-order valence-corrected chi connectivity index (χ2v) is 7.05. The third-order valence-corrected chi connectivity index (χ3v) is 4.55. The third-order valence-electron chi connectivity index (χ3n) is 4.55. The van der Waals surface area contributed by atoms with Crippen LogP contribution in [0.15, 0.2) is 78.9 Å². The van der Waals surface area contributed by atoms with Crippen LogP contribution < -0.4 is 9.64 Å². The maximum Gasteiger partial charge on any atom is 0.416 e. The van der Waals surface area contributed by atoms with Gasteiger partial charge in [-0.2, -0.15) is 26.3 Å². The molecule has 3 aromatic rings. The van der Waals surface area contributed by atoms with Crippen molar-refractivity contribution in [2.45, 2.75) is 25.0 Å². The van der Waals surface area contributed by atoms with E-state index in [-0.39, 0.29) is 23.7 Å². The predicted molar refractivity (Wildman–Crippen MR) is 108 cm³/mol. The smallest absolute Gasteiger partial charge is 0.416 e. The molecule has 0 aliphatic carbocycles. The highest BCUT2D eigenvalue weighted by atomic mass is 19.4. The zero-order valence-electron chi connectivity index (χ0n) is 16.6. The van der Waals surface area contributed by atoms with Gasteiger partial charge in [0.25, 0.3) is 0 Å². The second-order valence-electron chi connectivity index (χ2n) is 7.05. The Balaban J connectivity index is 2.03.